The van der Waals surface area contributed by atoms with Crippen molar-refractivity contribution in [2.45, 2.75) is 18.8 Å². The Labute approximate surface area is 173 Å². The predicted octanol–water partition coefficient (Wildman–Crippen LogP) is 3.71. The number of hydrogen-bond donors (Lipinski definition) is 3. The second kappa shape index (κ2) is 9.00. The number of carbonyl (C=O) groups excluding carboxylic acids is 2. The van der Waals surface area contributed by atoms with Crippen molar-refractivity contribution in [1.29, 1.82) is 0 Å². The van der Waals surface area contributed by atoms with Gasteiger partial charge >= 0.3 is 5.97 Å². The van der Waals surface area contributed by atoms with E-state index in [1.54, 1.807) is 66.7 Å². The van der Waals surface area contributed by atoms with Crippen molar-refractivity contribution in [3.63, 3.8) is 0 Å². The maximum atomic E-state index is 12.6. The number of amides is 2. The molecule has 152 valence electrons. The number of nitrogens with zero attached hydrogens (tertiary/aromatic N) is 1. The molecule has 0 aliphatic rings. The van der Waals surface area contributed by atoms with Crippen LogP contribution in [-0.2, 0) is 15.0 Å². The Hall–Kier alpha value is -4.00. The second-order valence-electron chi connectivity index (χ2n) is 7.00. The highest BCUT2D eigenvalue weighted by molar-refractivity contribution is 6.04. The molecule has 7 nitrogen and oxygen atoms in total. The van der Waals surface area contributed by atoms with Gasteiger partial charge in [-0.15, -0.1) is 0 Å². The van der Waals surface area contributed by atoms with Gasteiger partial charge in [0, 0.05) is 35.8 Å². The van der Waals surface area contributed by atoms with Crippen molar-refractivity contribution in [3.8, 4) is 0 Å². The molecule has 1 unspecified atom stereocenters. The molecule has 0 bridgehead atoms. The third-order valence-corrected chi connectivity index (χ3v) is 4.74. The molecule has 0 aliphatic carbocycles. The summed E-state index contributed by atoms with van der Waals surface area (Å²) in [5.41, 5.74) is 0.593. The van der Waals surface area contributed by atoms with Gasteiger partial charge in [-0.05, 0) is 42.8 Å². The molecular formula is C23H21N3O4. The summed E-state index contributed by atoms with van der Waals surface area (Å²) in [6.45, 7) is 1.52. The molecule has 0 aliphatic heterocycles. The molecule has 1 atom stereocenters. The van der Waals surface area contributed by atoms with E-state index in [-0.39, 0.29) is 12.3 Å². The van der Waals surface area contributed by atoms with E-state index in [0.717, 1.165) is 0 Å². The van der Waals surface area contributed by atoms with Crippen LogP contribution in [0.25, 0.3) is 0 Å². The summed E-state index contributed by atoms with van der Waals surface area (Å²) in [6, 6.07) is 18.5. The van der Waals surface area contributed by atoms with Gasteiger partial charge in [-0.1, -0.05) is 36.4 Å². The van der Waals surface area contributed by atoms with E-state index in [2.05, 4.69) is 15.6 Å². The fraction of sp³-hybridized carbons (Fsp3) is 0.130. The minimum Gasteiger partial charge on any atom is -0.481 e. The van der Waals surface area contributed by atoms with Crippen LogP contribution in [0.4, 0.5) is 11.4 Å². The number of hydrogen-bond acceptors (Lipinski definition) is 4. The number of carbonyl (C=O) groups is 3. The molecule has 0 spiro atoms. The molecule has 3 aromatic rings. The largest absolute Gasteiger partial charge is 0.481 e. The molecule has 1 aromatic heterocycles. The third-order valence-electron chi connectivity index (χ3n) is 4.74. The van der Waals surface area contributed by atoms with Gasteiger partial charge in [-0.3, -0.25) is 19.4 Å². The van der Waals surface area contributed by atoms with Gasteiger partial charge in [-0.25, -0.2) is 0 Å². The SMILES string of the molecule is CC(CC(=O)Nc1cccc(NC(=O)c2ccncc2)c1)(C(=O)O)c1ccccc1. The summed E-state index contributed by atoms with van der Waals surface area (Å²) >= 11 is 0. The fourth-order valence-corrected chi connectivity index (χ4v) is 3.01. The van der Waals surface area contributed by atoms with Crippen molar-refractivity contribution in [1.82, 2.24) is 4.98 Å². The van der Waals surface area contributed by atoms with Crippen LogP contribution in [0.1, 0.15) is 29.3 Å². The molecule has 7 heteroatoms. The topological polar surface area (TPSA) is 108 Å². The van der Waals surface area contributed by atoms with E-state index in [9.17, 15) is 19.5 Å². The number of aromatic nitrogens is 1. The van der Waals surface area contributed by atoms with Crippen molar-refractivity contribution in [3.05, 3.63) is 90.3 Å². The first-order chi connectivity index (χ1) is 14.4. The molecule has 0 saturated heterocycles. The number of carboxylic acid groups (broad SMARTS) is 1. The van der Waals surface area contributed by atoms with E-state index in [0.29, 0.717) is 22.5 Å². The Morgan fingerprint density at radius 3 is 2.17 bits per heavy atom. The lowest BCUT2D eigenvalue weighted by Crippen LogP contribution is -2.36. The van der Waals surface area contributed by atoms with Crippen LogP contribution in [0.5, 0.6) is 0 Å². The Bertz CT molecular complexity index is 1050. The molecule has 0 saturated carbocycles. The lowest BCUT2D eigenvalue weighted by molar-refractivity contribution is -0.145. The summed E-state index contributed by atoms with van der Waals surface area (Å²) in [5, 5.41) is 15.2. The van der Waals surface area contributed by atoms with E-state index in [4.69, 9.17) is 0 Å². The zero-order chi connectivity index (χ0) is 21.6. The van der Waals surface area contributed by atoms with Gasteiger partial charge in [0.1, 0.15) is 0 Å². The zero-order valence-corrected chi connectivity index (χ0v) is 16.3. The highest BCUT2D eigenvalue weighted by Crippen LogP contribution is 2.29. The molecule has 3 N–H and O–H groups in total. The van der Waals surface area contributed by atoms with Crippen LogP contribution in [-0.4, -0.2) is 27.9 Å². The van der Waals surface area contributed by atoms with E-state index in [1.807, 2.05) is 0 Å². The molecule has 30 heavy (non-hydrogen) atoms. The molecule has 1 heterocycles. The highest BCUT2D eigenvalue weighted by atomic mass is 16.4. The fourth-order valence-electron chi connectivity index (χ4n) is 3.01. The van der Waals surface area contributed by atoms with Gasteiger partial charge in [0.25, 0.3) is 5.91 Å². The summed E-state index contributed by atoms with van der Waals surface area (Å²) < 4.78 is 0. The molecule has 2 aromatic carbocycles. The van der Waals surface area contributed by atoms with Gasteiger partial charge in [-0.2, -0.15) is 0 Å². The molecular weight excluding hydrogens is 382 g/mol. The van der Waals surface area contributed by atoms with Crippen molar-refractivity contribution in [2.24, 2.45) is 0 Å². The zero-order valence-electron chi connectivity index (χ0n) is 16.3. The van der Waals surface area contributed by atoms with Gasteiger partial charge in [0.15, 0.2) is 0 Å². The number of carboxylic acids is 1. The van der Waals surface area contributed by atoms with Crippen molar-refractivity contribution in [2.75, 3.05) is 10.6 Å². The second-order valence-corrected chi connectivity index (χ2v) is 7.00. The van der Waals surface area contributed by atoms with Crippen LogP contribution in [0, 0.1) is 0 Å². The third kappa shape index (κ3) is 4.88. The van der Waals surface area contributed by atoms with Crippen LogP contribution in [0.15, 0.2) is 79.1 Å². The lowest BCUT2D eigenvalue weighted by Gasteiger charge is -2.24. The molecule has 3 rings (SSSR count). The first-order valence-electron chi connectivity index (χ1n) is 9.29. The summed E-state index contributed by atoms with van der Waals surface area (Å²) in [5.74, 6) is -1.83. The quantitative estimate of drug-likeness (QED) is 0.557. The monoisotopic (exact) mass is 403 g/mol. The van der Waals surface area contributed by atoms with Crippen LogP contribution < -0.4 is 10.6 Å². The van der Waals surface area contributed by atoms with Gasteiger partial charge in [0.05, 0.1) is 5.41 Å². The summed E-state index contributed by atoms with van der Waals surface area (Å²) in [4.78, 5) is 40.6. The van der Waals surface area contributed by atoms with Crippen LogP contribution in [0.2, 0.25) is 0 Å². The number of aliphatic carboxylic acids is 1. The average Bonchev–Trinajstić information content (AvgIpc) is 2.75. The van der Waals surface area contributed by atoms with Gasteiger partial charge < -0.3 is 15.7 Å². The molecule has 0 radical (unpaired) electrons. The maximum absolute atomic E-state index is 12.6. The average molecular weight is 403 g/mol. The van der Waals surface area contributed by atoms with E-state index >= 15 is 0 Å². The normalized spacial score (nSPS) is 12.4. The lowest BCUT2D eigenvalue weighted by atomic mass is 9.79. The van der Waals surface area contributed by atoms with Crippen molar-refractivity contribution >= 4 is 29.2 Å². The Morgan fingerprint density at radius 2 is 1.53 bits per heavy atom. The minimum absolute atomic E-state index is 0.236. The Balaban J connectivity index is 1.70. The van der Waals surface area contributed by atoms with Crippen LogP contribution in [0.3, 0.4) is 0 Å². The summed E-state index contributed by atoms with van der Waals surface area (Å²) in [7, 11) is 0. The minimum atomic E-state index is -1.36. The number of pyridine rings is 1. The number of rotatable bonds is 7. The van der Waals surface area contributed by atoms with Crippen molar-refractivity contribution < 1.29 is 19.5 Å². The Morgan fingerprint density at radius 1 is 0.900 bits per heavy atom. The predicted molar refractivity (Wildman–Crippen MR) is 113 cm³/mol. The first kappa shape index (κ1) is 20.7. The molecule has 0 fully saturated rings. The standard InChI is InChI=1S/C23H21N3O4/c1-23(22(29)30,17-6-3-2-4-7-17)15-20(27)25-18-8-5-9-19(14-18)26-21(28)16-10-12-24-13-11-16/h2-14H,15H2,1H3,(H,25,27)(H,26,28)(H,29,30). The van der Waals surface area contributed by atoms with E-state index < -0.39 is 17.3 Å². The number of anilines is 2. The smallest absolute Gasteiger partial charge is 0.314 e. The maximum Gasteiger partial charge on any atom is 0.314 e. The number of benzene rings is 2. The highest BCUT2D eigenvalue weighted by Gasteiger charge is 2.37. The number of nitrogens with one attached hydrogen (secondary N) is 2. The Kier molecular flexibility index (Phi) is 6.22. The summed E-state index contributed by atoms with van der Waals surface area (Å²) in [6.07, 6.45) is 2.81. The molecule has 2 amide bonds. The van der Waals surface area contributed by atoms with Crippen LogP contribution >= 0.6 is 0 Å². The van der Waals surface area contributed by atoms with E-state index in [1.165, 1.54) is 19.3 Å². The van der Waals surface area contributed by atoms with Gasteiger partial charge in [0.2, 0.25) is 5.91 Å². The first-order valence-corrected chi connectivity index (χ1v) is 9.29.